The van der Waals surface area contributed by atoms with Gasteiger partial charge in [-0.1, -0.05) is 36.4 Å². The van der Waals surface area contributed by atoms with E-state index in [2.05, 4.69) is 4.98 Å². The number of carboxylic acids is 1. The highest BCUT2D eigenvalue weighted by atomic mass is 16.4. The van der Waals surface area contributed by atoms with E-state index in [0.29, 0.717) is 11.1 Å². The Morgan fingerprint density at radius 1 is 1.05 bits per heavy atom. The number of nitrogens with zero attached hydrogens (tertiary/aromatic N) is 1. The number of fused-ring (bicyclic) bond motifs is 1. The number of carbonyl (C=O) groups is 1. The molecule has 0 unspecified atom stereocenters. The van der Waals surface area contributed by atoms with Crippen molar-refractivity contribution in [2.75, 3.05) is 0 Å². The summed E-state index contributed by atoms with van der Waals surface area (Å²) >= 11 is 0. The lowest BCUT2D eigenvalue weighted by atomic mass is 9.96. The number of hydrogen-bond acceptors (Lipinski definition) is 3. The van der Waals surface area contributed by atoms with Crippen LogP contribution in [0.1, 0.15) is 10.4 Å². The summed E-state index contributed by atoms with van der Waals surface area (Å²) < 4.78 is 0. The molecule has 0 atom stereocenters. The van der Waals surface area contributed by atoms with Crippen molar-refractivity contribution in [3.05, 3.63) is 60.3 Å². The molecule has 3 rings (SSSR count). The Bertz CT molecular complexity index is 797. The first-order valence-electron chi connectivity index (χ1n) is 6.08. The van der Waals surface area contributed by atoms with Gasteiger partial charge in [0, 0.05) is 17.1 Å². The van der Waals surface area contributed by atoms with Gasteiger partial charge in [0.2, 0.25) is 0 Å². The van der Waals surface area contributed by atoms with Crippen LogP contribution in [0, 0.1) is 0 Å². The van der Waals surface area contributed by atoms with Crippen LogP contribution in [0.3, 0.4) is 0 Å². The largest absolute Gasteiger partial charge is 0.506 e. The Morgan fingerprint density at radius 2 is 1.80 bits per heavy atom. The smallest absolute Gasteiger partial charge is 0.339 e. The third-order valence-corrected chi connectivity index (χ3v) is 3.17. The number of rotatable bonds is 2. The van der Waals surface area contributed by atoms with Gasteiger partial charge in [0.25, 0.3) is 0 Å². The van der Waals surface area contributed by atoms with Crippen molar-refractivity contribution in [3.8, 4) is 16.9 Å². The Morgan fingerprint density at radius 3 is 2.50 bits per heavy atom. The number of aromatic carboxylic acids is 1. The summed E-state index contributed by atoms with van der Waals surface area (Å²) in [5.74, 6) is -1.41. The molecule has 0 spiro atoms. The second-order valence-electron chi connectivity index (χ2n) is 4.39. The molecule has 0 radical (unpaired) electrons. The highest BCUT2D eigenvalue weighted by Crippen LogP contribution is 2.38. The van der Waals surface area contributed by atoms with Crippen LogP contribution in [0.2, 0.25) is 0 Å². The van der Waals surface area contributed by atoms with Gasteiger partial charge in [-0.05, 0) is 17.7 Å². The van der Waals surface area contributed by atoms with Gasteiger partial charge in [-0.3, -0.25) is 4.98 Å². The zero-order valence-corrected chi connectivity index (χ0v) is 10.4. The van der Waals surface area contributed by atoms with E-state index in [1.807, 2.05) is 36.4 Å². The molecule has 2 aromatic carbocycles. The fraction of sp³-hybridized carbons (Fsp3) is 0. The molecular weight excluding hydrogens is 254 g/mol. The minimum Gasteiger partial charge on any atom is -0.506 e. The summed E-state index contributed by atoms with van der Waals surface area (Å²) in [6, 6.07) is 14.2. The average Bonchev–Trinajstić information content (AvgIpc) is 2.47. The van der Waals surface area contributed by atoms with Gasteiger partial charge in [-0.15, -0.1) is 0 Å². The summed E-state index contributed by atoms with van der Waals surface area (Å²) in [4.78, 5) is 15.4. The molecule has 3 aromatic rings. The summed E-state index contributed by atoms with van der Waals surface area (Å²) in [7, 11) is 0. The molecule has 0 saturated heterocycles. The fourth-order valence-electron chi connectivity index (χ4n) is 2.27. The van der Waals surface area contributed by atoms with Gasteiger partial charge in [-0.2, -0.15) is 0 Å². The van der Waals surface area contributed by atoms with Gasteiger partial charge in [-0.25, -0.2) is 4.79 Å². The number of carboxylic acid groups (broad SMARTS) is 1. The van der Waals surface area contributed by atoms with E-state index in [-0.39, 0.29) is 11.3 Å². The average molecular weight is 265 g/mol. The van der Waals surface area contributed by atoms with Crippen LogP contribution in [-0.4, -0.2) is 21.2 Å². The normalized spacial score (nSPS) is 10.6. The number of benzene rings is 2. The van der Waals surface area contributed by atoms with E-state index >= 15 is 0 Å². The standard InChI is InChI=1S/C16H11NO3/c18-15-12(16(19)20)9-13-11(7-4-8-17-13)14(15)10-5-2-1-3-6-10/h1-9,18H,(H,19,20). The van der Waals surface area contributed by atoms with Crippen molar-refractivity contribution in [2.24, 2.45) is 0 Å². The van der Waals surface area contributed by atoms with E-state index in [1.54, 1.807) is 12.3 Å². The van der Waals surface area contributed by atoms with Gasteiger partial charge >= 0.3 is 5.97 Å². The number of hydrogen-bond donors (Lipinski definition) is 2. The molecule has 20 heavy (non-hydrogen) atoms. The number of aromatic hydroxyl groups is 1. The topological polar surface area (TPSA) is 70.4 Å². The lowest BCUT2D eigenvalue weighted by molar-refractivity contribution is 0.0694. The molecule has 0 saturated carbocycles. The highest BCUT2D eigenvalue weighted by molar-refractivity contribution is 6.05. The van der Waals surface area contributed by atoms with Gasteiger partial charge in [0.1, 0.15) is 11.3 Å². The lowest BCUT2D eigenvalue weighted by Crippen LogP contribution is -1.99. The summed E-state index contributed by atoms with van der Waals surface area (Å²) in [6.45, 7) is 0. The number of aromatic nitrogens is 1. The van der Waals surface area contributed by atoms with E-state index in [4.69, 9.17) is 0 Å². The Kier molecular flexibility index (Phi) is 2.84. The van der Waals surface area contributed by atoms with E-state index in [1.165, 1.54) is 6.07 Å². The van der Waals surface area contributed by atoms with E-state index in [0.717, 1.165) is 10.9 Å². The predicted octanol–water partition coefficient (Wildman–Crippen LogP) is 3.31. The Labute approximate surface area is 115 Å². The Balaban J connectivity index is 2.45. The van der Waals surface area contributed by atoms with Crippen LogP contribution >= 0.6 is 0 Å². The van der Waals surface area contributed by atoms with Crippen LogP contribution < -0.4 is 0 Å². The molecule has 4 heteroatoms. The molecule has 1 heterocycles. The zero-order valence-electron chi connectivity index (χ0n) is 10.4. The fourth-order valence-corrected chi connectivity index (χ4v) is 2.27. The van der Waals surface area contributed by atoms with Crippen LogP contribution in [0.25, 0.3) is 22.0 Å². The number of phenols is 1. The molecule has 2 N–H and O–H groups in total. The summed E-state index contributed by atoms with van der Waals surface area (Å²) in [6.07, 6.45) is 1.60. The van der Waals surface area contributed by atoms with Crippen molar-refractivity contribution in [3.63, 3.8) is 0 Å². The van der Waals surface area contributed by atoms with Crippen LogP contribution in [0.5, 0.6) is 5.75 Å². The molecule has 4 nitrogen and oxygen atoms in total. The third kappa shape index (κ3) is 1.87. The SMILES string of the molecule is O=C(O)c1cc2ncccc2c(-c2ccccc2)c1O. The lowest BCUT2D eigenvalue weighted by Gasteiger charge is -2.11. The molecular formula is C16H11NO3. The van der Waals surface area contributed by atoms with Crippen molar-refractivity contribution < 1.29 is 15.0 Å². The summed E-state index contributed by atoms with van der Waals surface area (Å²) in [5.41, 5.74) is 1.65. The zero-order chi connectivity index (χ0) is 14.1. The van der Waals surface area contributed by atoms with Gasteiger partial charge in [0.05, 0.1) is 5.52 Å². The minimum atomic E-state index is -1.17. The Hall–Kier alpha value is -2.88. The maximum atomic E-state index is 11.3. The van der Waals surface area contributed by atoms with Crippen molar-refractivity contribution in [2.45, 2.75) is 0 Å². The molecule has 0 amide bonds. The predicted molar refractivity (Wildman–Crippen MR) is 75.8 cm³/mol. The molecule has 0 aliphatic carbocycles. The molecule has 98 valence electrons. The van der Waals surface area contributed by atoms with Crippen LogP contribution in [-0.2, 0) is 0 Å². The summed E-state index contributed by atoms with van der Waals surface area (Å²) in [5, 5.41) is 20.2. The molecule has 0 fully saturated rings. The first-order chi connectivity index (χ1) is 9.68. The van der Waals surface area contributed by atoms with Crippen molar-refractivity contribution in [1.29, 1.82) is 0 Å². The van der Waals surface area contributed by atoms with Crippen LogP contribution in [0.4, 0.5) is 0 Å². The monoisotopic (exact) mass is 265 g/mol. The minimum absolute atomic E-state index is 0.143. The molecule has 0 bridgehead atoms. The third-order valence-electron chi connectivity index (χ3n) is 3.17. The quantitative estimate of drug-likeness (QED) is 0.745. The maximum absolute atomic E-state index is 11.3. The first kappa shape index (κ1) is 12.2. The van der Waals surface area contributed by atoms with Gasteiger partial charge in [0.15, 0.2) is 0 Å². The van der Waals surface area contributed by atoms with Crippen LogP contribution in [0.15, 0.2) is 54.7 Å². The first-order valence-corrected chi connectivity index (χ1v) is 6.08. The van der Waals surface area contributed by atoms with E-state index in [9.17, 15) is 15.0 Å². The van der Waals surface area contributed by atoms with Crippen molar-refractivity contribution in [1.82, 2.24) is 4.98 Å². The second kappa shape index (κ2) is 4.66. The highest BCUT2D eigenvalue weighted by Gasteiger charge is 2.18. The second-order valence-corrected chi connectivity index (χ2v) is 4.39. The molecule has 0 aliphatic rings. The van der Waals surface area contributed by atoms with Crippen molar-refractivity contribution >= 4 is 16.9 Å². The molecule has 1 aromatic heterocycles. The van der Waals surface area contributed by atoms with E-state index < -0.39 is 5.97 Å². The molecule has 0 aliphatic heterocycles. The van der Waals surface area contributed by atoms with Gasteiger partial charge < -0.3 is 10.2 Å². The maximum Gasteiger partial charge on any atom is 0.339 e. The number of pyridine rings is 1.